The molecule has 29 heavy (non-hydrogen) atoms. The summed E-state index contributed by atoms with van der Waals surface area (Å²) in [4.78, 5) is 12.9. The van der Waals surface area contributed by atoms with Gasteiger partial charge in [-0.25, -0.2) is 8.42 Å². The highest BCUT2D eigenvalue weighted by Crippen LogP contribution is 2.31. The Morgan fingerprint density at radius 2 is 2.00 bits per heavy atom. The van der Waals surface area contributed by atoms with Crippen LogP contribution in [-0.4, -0.2) is 31.7 Å². The topological polar surface area (TPSA) is 66.5 Å². The summed E-state index contributed by atoms with van der Waals surface area (Å²) >= 11 is 12.1. The van der Waals surface area contributed by atoms with Gasteiger partial charge in [-0.2, -0.15) is 4.31 Å². The van der Waals surface area contributed by atoms with Crippen LogP contribution in [0.4, 0.5) is 5.69 Å². The number of hydrogen-bond donors (Lipinski definition) is 1. The summed E-state index contributed by atoms with van der Waals surface area (Å²) in [6.07, 6.45) is 2.04. The highest BCUT2D eigenvalue weighted by atomic mass is 35.5. The first-order chi connectivity index (χ1) is 13.7. The standard InChI is InChI=1S/C21H24Cl2N2O3S/c1-3-15-7-4-6-14(2)20(15)24-21(26)16-8-5-11-25(13-16)29(27,28)19-12-17(22)9-10-18(19)23/h4,6-7,9-10,12,16H,3,5,8,11,13H2,1-2H3,(H,24,26)/t16-/m0/s1. The van der Waals surface area contributed by atoms with Crippen LogP contribution in [-0.2, 0) is 21.2 Å². The van der Waals surface area contributed by atoms with E-state index in [1.165, 1.54) is 16.4 Å². The third-order valence-electron chi connectivity index (χ3n) is 5.25. The molecule has 1 atom stereocenters. The van der Waals surface area contributed by atoms with Gasteiger partial charge < -0.3 is 5.32 Å². The number of hydrogen-bond acceptors (Lipinski definition) is 3. The van der Waals surface area contributed by atoms with Crippen LogP contribution in [0.25, 0.3) is 0 Å². The maximum Gasteiger partial charge on any atom is 0.244 e. The fourth-order valence-corrected chi connectivity index (χ4v) is 5.88. The van der Waals surface area contributed by atoms with Gasteiger partial charge in [-0.3, -0.25) is 4.79 Å². The summed E-state index contributed by atoms with van der Waals surface area (Å²) in [7, 11) is -3.84. The molecule has 1 N–H and O–H groups in total. The summed E-state index contributed by atoms with van der Waals surface area (Å²) in [6, 6.07) is 10.3. The van der Waals surface area contributed by atoms with E-state index in [-0.39, 0.29) is 22.4 Å². The number of sulfonamides is 1. The number of nitrogens with zero attached hydrogens (tertiary/aromatic N) is 1. The van der Waals surface area contributed by atoms with E-state index in [2.05, 4.69) is 5.32 Å². The molecule has 0 unspecified atom stereocenters. The molecule has 0 radical (unpaired) electrons. The Balaban J connectivity index is 1.80. The minimum Gasteiger partial charge on any atom is -0.325 e. The fraction of sp³-hybridized carbons (Fsp3) is 0.381. The Hall–Kier alpha value is -1.60. The molecule has 0 spiro atoms. The zero-order chi connectivity index (χ0) is 21.2. The highest BCUT2D eigenvalue weighted by molar-refractivity contribution is 7.89. The average molecular weight is 455 g/mol. The summed E-state index contributed by atoms with van der Waals surface area (Å²) in [5, 5.41) is 3.44. The molecule has 2 aromatic rings. The highest BCUT2D eigenvalue weighted by Gasteiger charge is 2.34. The minimum absolute atomic E-state index is 0.0279. The zero-order valence-corrected chi connectivity index (χ0v) is 18.7. The Bertz CT molecular complexity index is 1020. The second-order valence-electron chi connectivity index (χ2n) is 7.23. The third kappa shape index (κ3) is 4.77. The Kier molecular flexibility index (Phi) is 6.89. The SMILES string of the molecule is CCc1cccc(C)c1NC(=O)[C@H]1CCCN(S(=O)(=O)c2cc(Cl)ccc2Cl)C1. The quantitative estimate of drug-likeness (QED) is 0.697. The maximum atomic E-state index is 13.1. The van der Waals surface area contributed by atoms with Gasteiger partial charge >= 0.3 is 0 Å². The minimum atomic E-state index is -3.84. The lowest BCUT2D eigenvalue weighted by atomic mass is 9.98. The molecule has 1 aliphatic rings. The van der Waals surface area contributed by atoms with E-state index in [0.717, 1.165) is 23.2 Å². The Morgan fingerprint density at radius 3 is 2.72 bits per heavy atom. The number of amides is 1. The monoisotopic (exact) mass is 454 g/mol. The van der Waals surface area contributed by atoms with Gasteiger partial charge in [0.05, 0.1) is 10.9 Å². The van der Waals surface area contributed by atoms with E-state index < -0.39 is 15.9 Å². The molecule has 0 aliphatic carbocycles. The first-order valence-corrected chi connectivity index (χ1v) is 11.8. The lowest BCUT2D eigenvalue weighted by molar-refractivity contribution is -0.120. The number of para-hydroxylation sites is 1. The van der Waals surface area contributed by atoms with E-state index >= 15 is 0 Å². The normalized spacial score (nSPS) is 17.9. The first kappa shape index (κ1) is 22.1. The van der Waals surface area contributed by atoms with Crippen molar-refractivity contribution in [3.05, 3.63) is 57.6 Å². The van der Waals surface area contributed by atoms with Crippen molar-refractivity contribution in [2.75, 3.05) is 18.4 Å². The van der Waals surface area contributed by atoms with Crippen molar-refractivity contribution in [3.8, 4) is 0 Å². The van der Waals surface area contributed by atoms with Gasteiger partial charge in [-0.1, -0.05) is 48.3 Å². The second-order valence-corrected chi connectivity index (χ2v) is 9.98. The van der Waals surface area contributed by atoms with Gasteiger partial charge in [-0.05, 0) is 55.5 Å². The summed E-state index contributed by atoms with van der Waals surface area (Å²) < 4.78 is 27.5. The molecule has 8 heteroatoms. The predicted octanol–water partition coefficient (Wildman–Crippen LogP) is 4.90. The zero-order valence-electron chi connectivity index (χ0n) is 16.4. The van der Waals surface area contributed by atoms with E-state index in [9.17, 15) is 13.2 Å². The van der Waals surface area contributed by atoms with Crippen LogP contribution in [0.5, 0.6) is 0 Å². The Labute approximate surface area is 182 Å². The summed E-state index contributed by atoms with van der Waals surface area (Å²) in [5.41, 5.74) is 2.87. The number of carbonyl (C=O) groups excluding carboxylic acids is 1. The van der Waals surface area contributed by atoms with Gasteiger partial charge in [0.2, 0.25) is 15.9 Å². The largest absolute Gasteiger partial charge is 0.325 e. The van der Waals surface area contributed by atoms with Crippen LogP contribution in [0.2, 0.25) is 10.0 Å². The number of rotatable bonds is 5. The number of halogens is 2. The van der Waals surface area contributed by atoms with Crippen molar-refractivity contribution in [3.63, 3.8) is 0 Å². The molecular formula is C21H24Cl2N2O3S. The molecule has 1 amide bonds. The molecule has 1 aliphatic heterocycles. The van der Waals surface area contributed by atoms with Crippen molar-refractivity contribution in [2.24, 2.45) is 5.92 Å². The maximum absolute atomic E-state index is 13.1. The molecule has 0 saturated carbocycles. The van der Waals surface area contributed by atoms with Gasteiger partial charge in [0.15, 0.2) is 0 Å². The number of anilines is 1. The van der Waals surface area contributed by atoms with Gasteiger partial charge in [0.25, 0.3) is 0 Å². The molecule has 2 aromatic carbocycles. The first-order valence-electron chi connectivity index (χ1n) is 9.58. The number of piperidine rings is 1. The Morgan fingerprint density at radius 1 is 1.24 bits per heavy atom. The lowest BCUT2D eigenvalue weighted by Crippen LogP contribution is -2.43. The van der Waals surface area contributed by atoms with Crippen LogP contribution in [0.1, 0.15) is 30.9 Å². The van der Waals surface area contributed by atoms with E-state index in [1.807, 2.05) is 32.0 Å². The van der Waals surface area contributed by atoms with Gasteiger partial charge in [0.1, 0.15) is 4.90 Å². The fourth-order valence-electron chi connectivity index (χ4n) is 3.62. The molecule has 0 aromatic heterocycles. The number of benzene rings is 2. The van der Waals surface area contributed by atoms with E-state index in [0.29, 0.717) is 24.4 Å². The lowest BCUT2D eigenvalue weighted by Gasteiger charge is -2.31. The van der Waals surface area contributed by atoms with Crippen LogP contribution in [0.3, 0.4) is 0 Å². The summed E-state index contributed by atoms with van der Waals surface area (Å²) in [5.74, 6) is -0.591. The van der Waals surface area contributed by atoms with Gasteiger partial charge in [-0.15, -0.1) is 0 Å². The molecule has 1 fully saturated rings. The molecule has 1 heterocycles. The molecule has 156 valence electrons. The molecule has 0 bridgehead atoms. The third-order valence-corrected chi connectivity index (χ3v) is 7.84. The van der Waals surface area contributed by atoms with Crippen molar-refractivity contribution in [1.82, 2.24) is 4.31 Å². The van der Waals surface area contributed by atoms with Crippen LogP contribution in [0, 0.1) is 12.8 Å². The molecule has 3 rings (SSSR count). The van der Waals surface area contributed by atoms with Crippen molar-refractivity contribution < 1.29 is 13.2 Å². The van der Waals surface area contributed by atoms with Crippen LogP contribution < -0.4 is 5.32 Å². The molecule has 1 saturated heterocycles. The molecular weight excluding hydrogens is 431 g/mol. The second kappa shape index (κ2) is 9.04. The predicted molar refractivity (Wildman–Crippen MR) is 117 cm³/mol. The number of nitrogens with one attached hydrogen (secondary N) is 1. The summed E-state index contributed by atoms with van der Waals surface area (Å²) in [6.45, 7) is 4.45. The van der Waals surface area contributed by atoms with E-state index in [1.54, 1.807) is 6.07 Å². The number of aryl methyl sites for hydroxylation is 2. The van der Waals surface area contributed by atoms with Crippen LogP contribution in [0.15, 0.2) is 41.3 Å². The number of carbonyl (C=O) groups is 1. The average Bonchev–Trinajstić information content (AvgIpc) is 2.71. The van der Waals surface area contributed by atoms with Crippen molar-refractivity contribution in [2.45, 2.75) is 38.0 Å². The molecule has 5 nitrogen and oxygen atoms in total. The van der Waals surface area contributed by atoms with Gasteiger partial charge in [0, 0.05) is 23.8 Å². The smallest absolute Gasteiger partial charge is 0.244 e. The van der Waals surface area contributed by atoms with Crippen molar-refractivity contribution >= 4 is 44.8 Å². The van der Waals surface area contributed by atoms with Crippen LogP contribution >= 0.6 is 23.2 Å². The van der Waals surface area contributed by atoms with Crippen molar-refractivity contribution in [1.29, 1.82) is 0 Å². The van der Waals surface area contributed by atoms with E-state index in [4.69, 9.17) is 23.2 Å².